The molecule has 1 aliphatic heterocycles. The second kappa shape index (κ2) is 12.6. The number of nitrogens with zero attached hydrogens (tertiary/aromatic N) is 1. The predicted octanol–water partition coefficient (Wildman–Crippen LogP) is 2.34. The molecule has 5 N–H and O–H groups in total. The molecule has 9 nitrogen and oxygen atoms in total. The summed E-state index contributed by atoms with van der Waals surface area (Å²) in [7, 11) is 0. The smallest absolute Gasteiger partial charge is 0.410 e. The minimum Gasteiger partial charge on any atom is -0.410 e. The summed E-state index contributed by atoms with van der Waals surface area (Å²) in [4.78, 5) is 41.2. The molecule has 9 heteroatoms. The number of nitrogens with two attached hydrogens (primary N) is 1. The SMILES string of the molecule is C#Cc1ccc([C@H](C)NC(=O)[C@@H]2C[C@@H](O)CN2C(=O)[C@@H](NC(=O)Oc2ccccc2)C(C)(C)CCN)cc1. The number of carbonyl (C=O) groups excluding carboxylic acids is 3. The summed E-state index contributed by atoms with van der Waals surface area (Å²) >= 11 is 0. The number of amides is 3. The lowest BCUT2D eigenvalue weighted by molar-refractivity contribution is -0.142. The third-order valence-corrected chi connectivity index (χ3v) is 6.83. The van der Waals surface area contributed by atoms with E-state index >= 15 is 0 Å². The Morgan fingerprint density at radius 2 is 1.82 bits per heavy atom. The average Bonchev–Trinajstić information content (AvgIpc) is 3.29. The van der Waals surface area contributed by atoms with Crippen molar-refractivity contribution < 1.29 is 24.2 Å². The molecule has 0 radical (unpaired) electrons. The standard InChI is InChI=1S/C29H36N4O5/c1-5-20-11-13-21(14-12-20)19(2)31-26(35)24-17-22(34)18-33(24)27(36)25(29(3,4)15-16-30)32-28(37)38-23-9-7-6-8-10-23/h1,6-14,19,22,24-25,34H,15-18,30H2,2-4H3,(H,31,35)(H,32,37)/t19-,22+,24-,25+/m0/s1. The summed E-state index contributed by atoms with van der Waals surface area (Å²) in [5.41, 5.74) is 6.62. The van der Waals surface area contributed by atoms with Crippen LogP contribution >= 0.6 is 0 Å². The molecule has 2 aromatic rings. The van der Waals surface area contributed by atoms with Crippen LogP contribution in [0.3, 0.4) is 0 Å². The van der Waals surface area contributed by atoms with Crippen LogP contribution in [0.2, 0.25) is 0 Å². The summed E-state index contributed by atoms with van der Waals surface area (Å²) in [6.07, 6.45) is 4.24. The highest BCUT2D eigenvalue weighted by Gasteiger charge is 2.46. The number of rotatable bonds is 9. The number of aliphatic hydroxyl groups excluding tert-OH is 1. The molecule has 1 aliphatic rings. The van der Waals surface area contributed by atoms with Gasteiger partial charge in [0, 0.05) is 18.5 Å². The normalized spacial score (nSPS) is 18.7. The molecule has 0 unspecified atom stereocenters. The maximum absolute atomic E-state index is 13.8. The number of benzene rings is 2. The first-order valence-electron chi connectivity index (χ1n) is 12.6. The molecule has 202 valence electrons. The van der Waals surface area contributed by atoms with Gasteiger partial charge in [-0.25, -0.2) is 4.79 Å². The van der Waals surface area contributed by atoms with Crippen LogP contribution in [0.4, 0.5) is 4.79 Å². The lowest BCUT2D eigenvalue weighted by Gasteiger charge is -2.37. The van der Waals surface area contributed by atoms with E-state index in [1.54, 1.807) is 42.5 Å². The van der Waals surface area contributed by atoms with Crippen LogP contribution in [0.25, 0.3) is 0 Å². The highest BCUT2D eigenvalue weighted by molar-refractivity contribution is 5.92. The van der Waals surface area contributed by atoms with Crippen LogP contribution in [-0.2, 0) is 9.59 Å². The molecule has 1 fully saturated rings. The first-order valence-corrected chi connectivity index (χ1v) is 12.6. The van der Waals surface area contributed by atoms with Crippen molar-refractivity contribution in [3.63, 3.8) is 0 Å². The van der Waals surface area contributed by atoms with Gasteiger partial charge in [-0.05, 0) is 55.1 Å². The number of para-hydroxylation sites is 1. The van der Waals surface area contributed by atoms with Gasteiger partial charge >= 0.3 is 6.09 Å². The Morgan fingerprint density at radius 3 is 2.42 bits per heavy atom. The number of β-amino-alcohol motifs (C(OH)–C–C–N with tert-alkyl or cyclic N) is 1. The molecule has 0 aromatic heterocycles. The van der Waals surface area contributed by atoms with Gasteiger partial charge in [-0.2, -0.15) is 0 Å². The van der Waals surface area contributed by atoms with Crippen LogP contribution < -0.4 is 21.1 Å². The molecular weight excluding hydrogens is 484 g/mol. The monoisotopic (exact) mass is 520 g/mol. The van der Waals surface area contributed by atoms with Crippen molar-refractivity contribution in [2.24, 2.45) is 11.1 Å². The summed E-state index contributed by atoms with van der Waals surface area (Å²) in [6, 6.07) is 13.4. The van der Waals surface area contributed by atoms with E-state index in [2.05, 4.69) is 16.6 Å². The van der Waals surface area contributed by atoms with Crippen LogP contribution in [0.15, 0.2) is 54.6 Å². The Bertz CT molecular complexity index is 1160. The molecule has 0 aliphatic carbocycles. The quantitative estimate of drug-likeness (QED) is 0.375. The summed E-state index contributed by atoms with van der Waals surface area (Å²) in [5, 5.41) is 16.0. The minimum absolute atomic E-state index is 0.0349. The number of terminal acetylenes is 1. The third-order valence-electron chi connectivity index (χ3n) is 6.83. The van der Waals surface area contributed by atoms with Gasteiger partial charge < -0.3 is 31.1 Å². The van der Waals surface area contributed by atoms with E-state index < -0.39 is 41.5 Å². The van der Waals surface area contributed by atoms with Gasteiger partial charge in [-0.3, -0.25) is 9.59 Å². The molecule has 3 rings (SSSR count). The predicted molar refractivity (Wildman–Crippen MR) is 144 cm³/mol. The molecule has 0 saturated carbocycles. The third kappa shape index (κ3) is 7.12. The lowest BCUT2D eigenvalue weighted by atomic mass is 9.80. The van der Waals surface area contributed by atoms with Gasteiger partial charge in [-0.15, -0.1) is 6.42 Å². The number of nitrogens with one attached hydrogen (secondary N) is 2. The van der Waals surface area contributed by atoms with Crippen molar-refractivity contribution in [2.45, 2.75) is 57.8 Å². The molecule has 1 saturated heterocycles. The molecular formula is C29H36N4O5. The van der Waals surface area contributed by atoms with Crippen LogP contribution in [-0.4, -0.2) is 59.2 Å². The molecule has 0 spiro atoms. The molecule has 1 heterocycles. The summed E-state index contributed by atoms with van der Waals surface area (Å²) in [5.74, 6) is 1.99. The average molecular weight is 521 g/mol. The van der Waals surface area contributed by atoms with Gasteiger partial charge in [0.1, 0.15) is 17.8 Å². The Labute approximate surface area is 223 Å². The zero-order valence-corrected chi connectivity index (χ0v) is 22.0. The number of likely N-dealkylation sites (tertiary alicyclic amines) is 1. The van der Waals surface area contributed by atoms with E-state index in [4.69, 9.17) is 16.9 Å². The fourth-order valence-electron chi connectivity index (χ4n) is 4.58. The van der Waals surface area contributed by atoms with Crippen molar-refractivity contribution in [1.29, 1.82) is 0 Å². The van der Waals surface area contributed by atoms with Crippen molar-refractivity contribution in [3.8, 4) is 18.1 Å². The van der Waals surface area contributed by atoms with E-state index in [-0.39, 0.29) is 25.6 Å². The van der Waals surface area contributed by atoms with E-state index in [0.29, 0.717) is 12.2 Å². The first kappa shape index (κ1) is 28.7. The highest BCUT2D eigenvalue weighted by Crippen LogP contribution is 2.30. The summed E-state index contributed by atoms with van der Waals surface area (Å²) in [6.45, 7) is 5.71. The van der Waals surface area contributed by atoms with Crippen LogP contribution in [0, 0.1) is 17.8 Å². The van der Waals surface area contributed by atoms with Crippen LogP contribution in [0.5, 0.6) is 5.75 Å². The van der Waals surface area contributed by atoms with E-state index in [0.717, 1.165) is 11.1 Å². The summed E-state index contributed by atoms with van der Waals surface area (Å²) < 4.78 is 5.35. The number of ether oxygens (including phenoxy) is 1. The molecule has 38 heavy (non-hydrogen) atoms. The first-order chi connectivity index (χ1) is 18.1. The maximum atomic E-state index is 13.8. The topological polar surface area (TPSA) is 134 Å². The number of hydrogen-bond acceptors (Lipinski definition) is 6. The fourth-order valence-corrected chi connectivity index (χ4v) is 4.58. The van der Waals surface area contributed by atoms with Gasteiger partial charge in [0.15, 0.2) is 0 Å². The Hall–Kier alpha value is -3.87. The van der Waals surface area contributed by atoms with Gasteiger partial charge in [0.25, 0.3) is 0 Å². The molecule has 3 amide bonds. The van der Waals surface area contributed by atoms with Crippen molar-refractivity contribution in [3.05, 3.63) is 65.7 Å². The maximum Gasteiger partial charge on any atom is 0.413 e. The van der Waals surface area contributed by atoms with Gasteiger partial charge in [-0.1, -0.05) is 50.1 Å². The van der Waals surface area contributed by atoms with Crippen LogP contribution in [0.1, 0.15) is 50.8 Å². The second-order valence-corrected chi connectivity index (χ2v) is 10.2. The van der Waals surface area contributed by atoms with Gasteiger partial charge in [0.2, 0.25) is 11.8 Å². The van der Waals surface area contributed by atoms with E-state index in [1.165, 1.54) is 4.90 Å². The highest BCUT2D eigenvalue weighted by atomic mass is 16.6. The number of aliphatic hydroxyl groups is 1. The Morgan fingerprint density at radius 1 is 1.16 bits per heavy atom. The number of carbonyl (C=O) groups is 3. The van der Waals surface area contributed by atoms with E-state index in [9.17, 15) is 19.5 Å². The minimum atomic E-state index is -1.04. The zero-order valence-electron chi connectivity index (χ0n) is 22.0. The fraction of sp³-hybridized carbons (Fsp3) is 0.414. The van der Waals surface area contributed by atoms with Crippen molar-refractivity contribution in [1.82, 2.24) is 15.5 Å². The van der Waals surface area contributed by atoms with Gasteiger partial charge in [0.05, 0.1) is 12.1 Å². The Kier molecular flexibility index (Phi) is 9.50. The zero-order chi connectivity index (χ0) is 27.9. The number of hydrogen-bond donors (Lipinski definition) is 4. The molecule has 4 atom stereocenters. The molecule has 0 bridgehead atoms. The van der Waals surface area contributed by atoms with E-state index in [1.807, 2.05) is 32.9 Å². The largest absolute Gasteiger partial charge is 0.413 e. The lowest BCUT2D eigenvalue weighted by Crippen LogP contribution is -2.59. The molecule has 2 aromatic carbocycles. The van der Waals surface area contributed by atoms with Crippen molar-refractivity contribution in [2.75, 3.05) is 13.1 Å². The second-order valence-electron chi connectivity index (χ2n) is 10.2. The Balaban J connectivity index is 1.78. The van der Waals surface area contributed by atoms with Crippen molar-refractivity contribution >= 4 is 17.9 Å².